The zero-order valence-electron chi connectivity index (χ0n) is 12.0. The number of nitriles is 1. The van der Waals surface area contributed by atoms with Gasteiger partial charge in [0.2, 0.25) is 5.91 Å². The summed E-state index contributed by atoms with van der Waals surface area (Å²) in [5.41, 5.74) is 6.06. The minimum absolute atomic E-state index is 0.113. The van der Waals surface area contributed by atoms with E-state index in [4.69, 9.17) is 11.0 Å². The molecule has 1 aliphatic carbocycles. The molecule has 112 valence electrons. The smallest absolute Gasteiger partial charge is 0.225 e. The highest BCUT2D eigenvalue weighted by molar-refractivity contribution is 5.91. The molecule has 0 spiro atoms. The molecule has 5 heteroatoms. The van der Waals surface area contributed by atoms with Gasteiger partial charge in [0.05, 0.1) is 17.3 Å². The van der Waals surface area contributed by atoms with Crippen LogP contribution < -0.4 is 11.1 Å². The van der Waals surface area contributed by atoms with E-state index in [2.05, 4.69) is 5.32 Å². The van der Waals surface area contributed by atoms with Crippen molar-refractivity contribution in [1.29, 1.82) is 5.26 Å². The zero-order chi connectivity index (χ0) is 15.3. The molecule has 1 saturated carbocycles. The lowest BCUT2D eigenvalue weighted by Gasteiger charge is -2.35. The molecule has 1 aromatic carbocycles. The average Bonchev–Trinajstić information content (AvgIpc) is 2.50. The number of anilines is 1. The standard InChI is InChI=1S/C16H20FN3O/c17-13-8-12(10-18)4-5-14(13)20-15(21)9-16(11-19)6-2-1-3-7-16/h4-5,8H,1-3,6-7,9,11,19H2,(H,20,21). The third kappa shape index (κ3) is 3.79. The number of nitrogens with two attached hydrogens (primary N) is 1. The topological polar surface area (TPSA) is 78.9 Å². The monoisotopic (exact) mass is 289 g/mol. The number of amides is 1. The molecule has 0 unspecified atom stereocenters. The van der Waals surface area contributed by atoms with E-state index in [1.807, 2.05) is 6.07 Å². The lowest BCUT2D eigenvalue weighted by molar-refractivity contribution is -0.118. The Morgan fingerprint density at radius 2 is 2.10 bits per heavy atom. The summed E-state index contributed by atoms with van der Waals surface area (Å²) < 4.78 is 13.8. The summed E-state index contributed by atoms with van der Waals surface area (Å²) in [5.74, 6) is -0.807. The summed E-state index contributed by atoms with van der Waals surface area (Å²) in [6.07, 6.45) is 5.60. The van der Waals surface area contributed by atoms with Crippen molar-refractivity contribution in [2.75, 3.05) is 11.9 Å². The molecule has 21 heavy (non-hydrogen) atoms. The number of nitrogens with one attached hydrogen (secondary N) is 1. The number of carbonyl (C=O) groups is 1. The molecule has 1 fully saturated rings. The highest BCUT2D eigenvalue weighted by Gasteiger charge is 2.33. The van der Waals surface area contributed by atoms with Crippen LogP contribution in [-0.4, -0.2) is 12.5 Å². The lowest BCUT2D eigenvalue weighted by atomic mass is 9.71. The van der Waals surface area contributed by atoms with E-state index in [9.17, 15) is 9.18 Å². The quantitative estimate of drug-likeness (QED) is 0.894. The maximum atomic E-state index is 13.8. The number of rotatable bonds is 4. The number of carbonyl (C=O) groups excluding carboxylic acids is 1. The first kappa shape index (κ1) is 15.5. The van der Waals surface area contributed by atoms with Gasteiger partial charge in [-0.2, -0.15) is 5.26 Å². The molecule has 0 heterocycles. The van der Waals surface area contributed by atoms with Crippen LogP contribution in [0.2, 0.25) is 0 Å². The molecule has 1 aliphatic rings. The average molecular weight is 289 g/mol. The van der Waals surface area contributed by atoms with Gasteiger partial charge in [-0.05, 0) is 43.0 Å². The van der Waals surface area contributed by atoms with E-state index in [-0.39, 0.29) is 22.6 Å². The fraction of sp³-hybridized carbons (Fsp3) is 0.500. The van der Waals surface area contributed by atoms with Gasteiger partial charge in [0.1, 0.15) is 5.82 Å². The van der Waals surface area contributed by atoms with Gasteiger partial charge in [-0.15, -0.1) is 0 Å². The number of hydrogen-bond donors (Lipinski definition) is 2. The molecule has 0 bridgehead atoms. The van der Waals surface area contributed by atoms with Gasteiger partial charge < -0.3 is 11.1 Å². The first-order chi connectivity index (χ1) is 10.1. The van der Waals surface area contributed by atoms with Crippen molar-refractivity contribution in [3.05, 3.63) is 29.6 Å². The highest BCUT2D eigenvalue weighted by atomic mass is 19.1. The van der Waals surface area contributed by atoms with Crippen molar-refractivity contribution >= 4 is 11.6 Å². The summed E-state index contributed by atoms with van der Waals surface area (Å²) in [6, 6.07) is 5.88. The van der Waals surface area contributed by atoms with E-state index in [1.54, 1.807) is 0 Å². The van der Waals surface area contributed by atoms with E-state index in [0.717, 1.165) is 31.7 Å². The Bertz CT molecular complexity index is 559. The Balaban J connectivity index is 2.03. The zero-order valence-corrected chi connectivity index (χ0v) is 12.0. The predicted molar refractivity (Wildman–Crippen MR) is 78.9 cm³/mol. The van der Waals surface area contributed by atoms with Gasteiger partial charge in [-0.1, -0.05) is 19.3 Å². The van der Waals surface area contributed by atoms with E-state index >= 15 is 0 Å². The van der Waals surface area contributed by atoms with Crippen molar-refractivity contribution in [3.63, 3.8) is 0 Å². The number of benzene rings is 1. The van der Waals surface area contributed by atoms with Crippen molar-refractivity contribution < 1.29 is 9.18 Å². The largest absolute Gasteiger partial charge is 0.330 e. The molecule has 3 N–H and O–H groups in total. The van der Waals surface area contributed by atoms with E-state index in [1.165, 1.54) is 18.6 Å². The minimum Gasteiger partial charge on any atom is -0.330 e. The van der Waals surface area contributed by atoms with Crippen LogP contribution in [-0.2, 0) is 4.79 Å². The van der Waals surface area contributed by atoms with Crippen molar-refractivity contribution in [2.45, 2.75) is 38.5 Å². The maximum Gasteiger partial charge on any atom is 0.225 e. The molecule has 0 saturated heterocycles. The fourth-order valence-corrected chi connectivity index (χ4v) is 2.98. The molecule has 0 aliphatic heterocycles. The first-order valence-electron chi connectivity index (χ1n) is 7.28. The van der Waals surface area contributed by atoms with Gasteiger partial charge in [0.15, 0.2) is 0 Å². The lowest BCUT2D eigenvalue weighted by Crippen LogP contribution is -2.36. The number of halogens is 1. The summed E-state index contributed by atoms with van der Waals surface area (Å²) in [4.78, 5) is 12.2. The van der Waals surface area contributed by atoms with Gasteiger partial charge >= 0.3 is 0 Å². The number of hydrogen-bond acceptors (Lipinski definition) is 3. The molecular weight excluding hydrogens is 269 g/mol. The van der Waals surface area contributed by atoms with Crippen molar-refractivity contribution in [2.24, 2.45) is 11.1 Å². The van der Waals surface area contributed by atoms with Crippen LogP contribution in [0.15, 0.2) is 18.2 Å². The van der Waals surface area contributed by atoms with Crippen LogP contribution >= 0.6 is 0 Å². The van der Waals surface area contributed by atoms with Crippen molar-refractivity contribution in [1.82, 2.24) is 0 Å². The Morgan fingerprint density at radius 3 is 2.67 bits per heavy atom. The highest BCUT2D eigenvalue weighted by Crippen LogP contribution is 2.38. The normalized spacial score (nSPS) is 17.0. The summed E-state index contributed by atoms with van der Waals surface area (Å²) in [7, 11) is 0. The van der Waals surface area contributed by atoms with Crippen LogP contribution in [0.25, 0.3) is 0 Å². The van der Waals surface area contributed by atoms with E-state index < -0.39 is 5.82 Å². The van der Waals surface area contributed by atoms with Crippen LogP contribution in [0.1, 0.15) is 44.1 Å². The number of nitrogens with zero attached hydrogens (tertiary/aromatic N) is 1. The van der Waals surface area contributed by atoms with Crippen LogP contribution in [0.3, 0.4) is 0 Å². The second-order valence-electron chi connectivity index (χ2n) is 5.80. The summed E-state index contributed by atoms with van der Waals surface area (Å²) >= 11 is 0. The summed E-state index contributed by atoms with van der Waals surface area (Å²) in [5, 5.41) is 11.3. The van der Waals surface area contributed by atoms with Crippen molar-refractivity contribution in [3.8, 4) is 6.07 Å². The Hall–Kier alpha value is -1.93. The Morgan fingerprint density at radius 1 is 1.38 bits per heavy atom. The Kier molecular flexibility index (Phi) is 4.92. The molecule has 1 aromatic rings. The molecule has 0 aromatic heterocycles. The van der Waals surface area contributed by atoms with Crippen LogP contribution in [0.5, 0.6) is 0 Å². The first-order valence-corrected chi connectivity index (χ1v) is 7.28. The summed E-state index contributed by atoms with van der Waals surface area (Å²) in [6.45, 7) is 0.482. The molecule has 0 atom stereocenters. The molecule has 4 nitrogen and oxygen atoms in total. The third-order valence-corrected chi connectivity index (χ3v) is 4.26. The van der Waals surface area contributed by atoms with Gasteiger partial charge in [0, 0.05) is 6.42 Å². The Labute approximate surface area is 124 Å². The van der Waals surface area contributed by atoms with Gasteiger partial charge in [-0.3, -0.25) is 4.79 Å². The molecule has 0 radical (unpaired) electrons. The van der Waals surface area contributed by atoms with Crippen LogP contribution in [0, 0.1) is 22.6 Å². The molecule has 2 rings (SSSR count). The second kappa shape index (κ2) is 6.68. The molecule has 1 amide bonds. The minimum atomic E-state index is -0.590. The third-order valence-electron chi connectivity index (χ3n) is 4.26. The second-order valence-corrected chi connectivity index (χ2v) is 5.80. The van der Waals surface area contributed by atoms with Gasteiger partial charge in [0.25, 0.3) is 0 Å². The SMILES string of the molecule is N#Cc1ccc(NC(=O)CC2(CN)CCCCC2)c(F)c1. The van der Waals surface area contributed by atoms with Crippen LogP contribution in [0.4, 0.5) is 10.1 Å². The van der Waals surface area contributed by atoms with E-state index in [0.29, 0.717) is 13.0 Å². The molecular formula is C16H20FN3O. The maximum absolute atomic E-state index is 13.8. The van der Waals surface area contributed by atoms with Gasteiger partial charge in [-0.25, -0.2) is 4.39 Å². The predicted octanol–water partition coefficient (Wildman–Crippen LogP) is 2.94. The fourth-order valence-electron chi connectivity index (χ4n) is 2.98.